The molecule has 110 valence electrons. The molecule has 0 unspecified atom stereocenters. The number of carbonyl (C=O) groups excluding carboxylic acids is 1. The molecule has 0 aliphatic heterocycles. The normalized spacial score (nSPS) is 10.4. The summed E-state index contributed by atoms with van der Waals surface area (Å²) in [7, 11) is 0. The monoisotopic (exact) mass is 355 g/mol. The number of halogens is 2. The maximum Gasteiger partial charge on any atom is 0.339 e. The molecular formula is C14H11BrFNO4. The van der Waals surface area contributed by atoms with Gasteiger partial charge in [-0.2, -0.15) is 0 Å². The van der Waals surface area contributed by atoms with E-state index in [1.54, 1.807) is 6.07 Å². The average Bonchev–Trinajstić information content (AvgIpc) is 2.77. The van der Waals surface area contributed by atoms with E-state index in [1.165, 1.54) is 25.1 Å². The first kappa shape index (κ1) is 15.2. The van der Waals surface area contributed by atoms with Crippen LogP contribution in [-0.2, 0) is 6.54 Å². The molecule has 0 aliphatic rings. The number of carbonyl (C=O) groups is 2. The maximum atomic E-state index is 13.6. The lowest BCUT2D eigenvalue weighted by atomic mass is 10.2. The lowest BCUT2D eigenvalue weighted by Gasteiger charge is -2.06. The molecule has 0 radical (unpaired) electrons. The van der Waals surface area contributed by atoms with Gasteiger partial charge in [0, 0.05) is 4.47 Å². The highest BCUT2D eigenvalue weighted by Gasteiger charge is 2.17. The van der Waals surface area contributed by atoms with Gasteiger partial charge in [-0.3, -0.25) is 4.79 Å². The van der Waals surface area contributed by atoms with Crippen LogP contribution in [0.1, 0.15) is 32.2 Å². The molecule has 7 heteroatoms. The van der Waals surface area contributed by atoms with Crippen molar-refractivity contribution in [1.29, 1.82) is 0 Å². The number of carboxylic acids is 1. The molecule has 5 nitrogen and oxygen atoms in total. The quantitative estimate of drug-likeness (QED) is 0.882. The fourth-order valence-electron chi connectivity index (χ4n) is 1.81. The van der Waals surface area contributed by atoms with E-state index in [1.807, 2.05) is 0 Å². The average molecular weight is 356 g/mol. The highest BCUT2D eigenvalue weighted by Crippen LogP contribution is 2.20. The second-order valence-corrected chi connectivity index (χ2v) is 5.12. The number of benzene rings is 1. The van der Waals surface area contributed by atoms with Crippen molar-refractivity contribution in [2.45, 2.75) is 13.5 Å². The molecule has 2 N–H and O–H groups in total. The van der Waals surface area contributed by atoms with Gasteiger partial charge in [-0.05, 0) is 41.1 Å². The second-order valence-electron chi connectivity index (χ2n) is 4.27. The summed E-state index contributed by atoms with van der Waals surface area (Å²) in [6.07, 6.45) is 0. The van der Waals surface area contributed by atoms with Gasteiger partial charge in [0.25, 0.3) is 5.91 Å². The zero-order valence-electron chi connectivity index (χ0n) is 10.9. The molecule has 0 aliphatic carbocycles. The third-order valence-electron chi connectivity index (χ3n) is 2.81. The van der Waals surface area contributed by atoms with Gasteiger partial charge < -0.3 is 14.8 Å². The van der Waals surface area contributed by atoms with Crippen molar-refractivity contribution in [3.05, 3.63) is 57.2 Å². The van der Waals surface area contributed by atoms with Gasteiger partial charge in [0.1, 0.15) is 22.9 Å². The Hall–Kier alpha value is -2.15. The third-order valence-corrected chi connectivity index (χ3v) is 3.47. The Morgan fingerprint density at radius 2 is 2.14 bits per heavy atom. The minimum Gasteiger partial charge on any atom is -0.478 e. The number of aromatic carboxylic acids is 1. The number of carboxylic acid groups (broad SMARTS) is 1. The van der Waals surface area contributed by atoms with Crippen LogP contribution >= 0.6 is 15.9 Å². The van der Waals surface area contributed by atoms with Crippen molar-refractivity contribution < 1.29 is 23.5 Å². The van der Waals surface area contributed by atoms with Crippen molar-refractivity contribution in [1.82, 2.24) is 5.32 Å². The summed E-state index contributed by atoms with van der Waals surface area (Å²) >= 11 is 3.11. The molecule has 1 aromatic heterocycles. The van der Waals surface area contributed by atoms with Gasteiger partial charge in [-0.25, -0.2) is 9.18 Å². The van der Waals surface area contributed by atoms with Crippen LogP contribution in [0.4, 0.5) is 4.39 Å². The molecule has 0 saturated heterocycles. The predicted molar refractivity (Wildman–Crippen MR) is 75.7 cm³/mol. The van der Waals surface area contributed by atoms with Crippen molar-refractivity contribution in [3.63, 3.8) is 0 Å². The van der Waals surface area contributed by atoms with Crippen LogP contribution < -0.4 is 5.32 Å². The van der Waals surface area contributed by atoms with E-state index in [4.69, 9.17) is 9.52 Å². The Labute approximate surface area is 127 Å². The Morgan fingerprint density at radius 3 is 2.71 bits per heavy atom. The van der Waals surface area contributed by atoms with Crippen LogP contribution in [0.5, 0.6) is 0 Å². The molecule has 1 aromatic carbocycles. The Kier molecular flexibility index (Phi) is 4.42. The maximum absolute atomic E-state index is 13.6. The molecule has 1 heterocycles. The third kappa shape index (κ3) is 3.30. The number of rotatable bonds is 4. The van der Waals surface area contributed by atoms with Crippen LogP contribution in [0.25, 0.3) is 0 Å². The van der Waals surface area contributed by atoms with E-state index in [0.29, 0.717) is 4.47 Å². The topological polar surface area (TPSA) is 79.5 Å². The second kappa shape index (κ2) is 6.09. The molecule has 1 amide bonds. The number of hydrogen-bond donors (Lipinski definition) is 2. The van der Waals surface area contributed by atoms with Gasteiger partial charge in [0.05, 0.1) is 12.1 Å². The first-order valence-corrected chi connectivity index (χ1v) is 6.74. The molecule has 2 aromatic rings. The lowest BCUT2D eigenvalue weighted by molar-refractivity contribution is 0.0694. The Morgan fingerprint density at radius 1 is 1.43 bits per heavy atom. The number of nitrogens with one attached hydrogen (secondary N) is 1. The van der Waals surface area contributed by atoms with Crippen molar-refractivity contribution in [2.75, 3.05) is 0 Å². The van der Waals surface area contributed by atoms with Crippen LogP contribution in [-0.4, -0.2) is 17.0 Å². The van der Waals surface area contributed by atoms with Crippen LogP contribution in [0.15, 0.2) is 33.2 Å². The number of amides is 1. The van der Waals surface area contributed by atoms with Crippen LogP contribution in [0.3, 0.4) is 0 Å². The minimum absolute atomic E-state index is 0.0336. The summed E-state index contributed by atoms with van der Waals surface area (Å²) in [5.74, 6) is -1.84. The zero-order valence-corrected chi connectivity index (χ0v) is 12.5. The van der Waals surface area contributed by atoms with E-state index < -0.39 is 17.7 Å². The molecule has 0 fully saturated rings. The standard InChI is InChI=1S/C14H11BrFNO4/c1-7-9(14(19)20)5-8(21-7)6-17-13(18)12-10(15)3-2-4-11(12)16/h2-5H,6H2,1H3,(H,17,18)(H,19,20). The summed E-state index contributed by atoms with van der Waals surface area (Å²) in [6.45, 7) is 1.48. The summed E-state index contributed by atoms with van der Waals surface area (Å²) < 4.78 is 19.2. The largest absolute Gasteiger partial charge is 0.478 e. The molecule has 0 saturated carbocycles. The Balaban J connectivity index is 2.11. The smallest absolute Gasteiger partial charge is 0.339 e. The highest BCUT2D eigenvalue weighted by molar-refractivity contribution is 9.10. The van der Waals surface area contributed by atoms with Crippen LogP contribution in [0, 0.1) is 12.7 Å². The summed E-state index contributed by atoms with van der Waals surface area (Å²) in [5, 5.41) is 11.4. The van der Waals surface area contributed by atoms with Gasteiger partial charge in [0.2, 0.25) is 0 Å². The Bertz CT molecular complexity index is 691. The minimum atomic E-state index is -1.11. The summed E-state index contributed by atoms with van der Waals surface area (Å²) in [5.41, 5.74) is -0.0782. The van der Waals surface area contributed by atoms with Crippen molar-refractivity contribution in [2.24, 2.45) is 0 Å². The van der Waals surface area contributed by atoms with Gasteiger partial charge >= 0.3 is 5.97 Å². The molecule has 0 bridgehead atoms. The number of hydrogen-bond acceptors (Lipinski definition) is 3. The highest BCUT2D eigenvalue weighted by atomic mass is 79.9. The fourth-order valence-corrected chi connectivity index (χ4v) is 2.34. The van der Waals surface area contributed by atoms with Crippen molar-refractivity contribution >= 4 is 27.8 Å². The number of aryl methyl sites for hydroxylation is 1. The SMILES string of the molecule is Cc1oc(CNC(=O)c2c(F)cccc2Br)cc1C(=O)O. The van der Waals surface area contributed by atoms with E-state index in [-0.39, 0.29) is 29.2 Å². The van der Waals surface area contributed by atoms with E-state index in [0.717, 1.165) is 0 Å². The lowest BCUT2D eigenvalue weighted by Crippen LogP contribution is -2.24. The fraction of sp³-hybridized carbons (Fsp3) is 0.143. The van der Waals surface area contributed by atoms with Crippen molar-refractivity contribution in [3.8, 4) is 0 Å². The van der Waals surface area contributed by atoms with E-state index >= 15 is 0 Å². The first-order chi connectivity index (χ1) is 9.90. The molecule has 21 heavy (non-hydrogen) atoms. The molecule has 2 rings (SSSR count). The van der Waals surface area contributed by atoms with Gasteiger partial charge in [-0.1, -0.05) is 6.07 Å². The summed E-state index contributed by atoms with van der Waals surface area (Å²) in [6, 6.07) is 5.54. The number of furan rings is 1. The van der Waals surface area contributed by atoms with E-state index in [2.05, 4.69) is 21.2 Å². The summed E-state index contributed by atoms with van der Waals surface area (Å²) in [4.78, 5) is 22.8. The molecular weight excluding hydrogens is 345 g/mol. The van der Waals surface area contributed by atoms with Gasteiger partial charge in [0.15, 0.2) is 0 Å². The molecule has 0 atom stereocenters. The predicted octanol–water partition coefficient (Wildman–Crippen LogP) is 3.12. The van der Waals surface area contributed by atoms with E-state index in [9.17, 15) is 14.0 Å². The molecule has 0 spiro atoms. The first-order valence-electron chi connectivity index (χ1n) is 5.95. The van der Waals surface area contributed by atoms with Gasteiger partial charge in [-0.15, -0.1) is 0 Å². The zero-order chi connectivity index (χ0) is 15.6. The van der Waals surface area contributed by atoms with Crippen LogP contribution in [0.2, 0.25) is 0 Å².